The van der Waals surface area contributed by atoms with Gasteiger partial charge < -0.3 is 14.6 Å². The van der Waals surface area contributed by atoms with Crippen LogP contribution >= 0.6 is 11.6 Å². The molecule has 1 aliphatic carbocycles. The number of rotatable bonds is 6. The summed E-state index contributed by atoms with van der Waals surface area (Å²) in [5, 5.41) is 13.6. The quantitative estimate of drug-likeness (QED) is 0.270. The maximum Gasteiger partial charge on any atom is 0.293 e. The lowest BCUT2D eigenvalue weighted by molar-refractivity contribution is -0.139. The van der Waals surface area contributed by atoms with E-state index < -0.39 is 17.3 Å². The predicted molar refractivity (Wildman–Crippen MR) is 150 cm³/mol. The van der Waals surface area contributed by atoms with Gasteiger partial charge in [-0.1, -0.05) is 54.1 Å². The summed E-state index contributed by atoms with van der Waals surface area (Å²) in [6.45, 7) is 8.58. The monoisotopic (exact) mass is 518 g/mol. The highest BCUT2D eigenvalue weighted by Crippen LogP contribution is 2.41. The van der Waals surface area contributed by atoms with Crippen molar-refractivity contribution in [2.75, 3.05) is 6.61 Å². The van der Waals surface area contributed by atoms with Gasteiger partial charge in [-0.3, -0.25) is 4.79 Å². The van der Waals surface area contributed by atoms with Crippen LogP contribution in [0.1, 0.15) is 75.7 Å². The topological polar surface area (TPSA) is 55.8 Å². The van der Waals surface area contributed by atoms with Crippen LogP contribution in [0.3, 0.4) is 0 Å². The van der Waals surface area contributed by atoms with E-state index in [1.165, 1.54) is 0 Å². The average Bonchev–Trinajstić information content (AvgIpc) is 2.85. The summed E-state index contributed by atoms with van der Waals surface area (Å²) in [5.41, 5.74) is 3.45. The molecule has 3 aromatic carbocycles. The molecule has 4 nitrogen and oxygen atoms in total. The molecule has 1 saturated carbocycles. The van der Waals surface area contributed by atoms with E-state index in [0.717, 1.165) is 70.7 Å². The molecule has 1 aliphatic rings. The van der Waals surface area contributed by atoms with Gasteiger partial charge in [0.05, 0.1) is 5.60 Å². The van der Waals surface area contributed by atoms with Crippen molar-refractivity contribution in [3.8, 4) is 23.0 Å². The summed E-state index contributed by atoms with van der Waals surface area (Å²) in [5.74, 6) is 6.41. The number of hydrogen-bond donors (Lipinski definition) is 1. The Morgan fingerprint density at radius 1 is 1.08 bits per heavy atom. The van der Waals surface area contributed by atoms with Gasteiger partial charge in [0.15, 0.2) is 0 Å². The molecule has 1 N–H and O–H groups in total. The maximum atomic E-state index is 11.1. The first-order valence-corrected chi connectivity index (χ1v) is 13.3. The van der Waals surface area contributed by atoms with Crippen molar-refractivity contribution in [3.63, 3.8) is 0 Å². The van der Waals surface area contributed by atoms with Crippen LogP contribution in [0.15, 0.2) is 48.5 Å². The second-order valence-electron chi connectivity index (χ2n) is 10.9. The van der Waals surface area contributed by atoms with Gasteiger partial charge in [-0.2, -0.15) is 0 Å². The molecule has 37 heavy (non-hydrogen) atoms. The maximum absolute atomic E-state index is 11.1. The van der Waals surface area contributed by atoms with E-state index in [0.29, 0.717) is 11.5 Å². The number of hydrogen-bond acceptors (Lipinski definition) is 4. The van der Waals surface area contributed by atoms with Gasteiger partial charge in [0, 0.05) is 10.6 Å². The number of carbonyl (C=O) groups excluding carboxylic acids is 1. The van der Waals surface area contributed by atoms with Crippen molar-refractivity contribution < 1.29 is 19.4 Å². The minimum atomic E-state index is -0.914. The fourth-order valence-corrected chi connectivity index (χ4v) is 5.28. The standard InChI is InChI=1S/C32H35ClO4/c1-22-18-25-9-8-23(14-17-32(35)15-6-5-7-16-32)19-27(25)30(24-10-12-26(33)13-11-24)29(22)28(20-36-21-34)37-31(2,3)4/h8-13,18-19,21,28,35H,5-7,15-16,20H2,1-4H3. The smallest absolute Gasteiger partial charge is 0.293 e. The van der Waals surface area contributed by atoms with Gasteiger partial charge in [-0.25, -0.2) is 0 Å². The molecule has 0 saturated heterocycles. The van der Waals surface area contributed by atoms with Gasteiger partial charge >= 0.3 is 0 Å². The van der Waals surface area contributed by atoms with Crippen molar-refractivity contribution in [2.24, 2.45) is 0 Å². The Kier molecular flexibility index (Phi) is 8.29. The minimum absolute atomic E-state index is 0.0975. The number of halogens is 1. The molecule has 0 amide bonds. The second-order valence-corrected chi connectivity index (χ2v) is 11.4. The normalized spacial score (nSPS) is 16.1. The Bertz CT molecular complexity index is 1320. The number of benzene rings is 3. The molecule has 5 heteroatoms. The fraction of sp³-hybridized carbons (Fsp3) is 0.406. The van der Waals surface area contributed by atoms with E-state index >= 15 is 0 Å². The first-order valence-electron chi connectivity index (χ1n) is 12.9. The Hall–Kier alpha value is -2.84. The van der Waals surface area contributed by atoms with E-state index in [2.05, 4.69) is 37.0 Å². The number of fused-ring (bicyclic) bond motifs is 1. The predicted octanol–water partition coefficient (Wildman–Crippen LogP) is 7.54. The van der Waals surface area contributed by atoms with Crippen molar-refractivity contribution >= 4 is 28.8 Å². The Morgan fingerprint density at radius 3 is 2.43 bits per heavy atom. The fourth-order valence-electron chi connectivity index (χ4n) is 5.15. The van der Waals surface area contributed by atoms with E-state index in [-0.39, 0.29) is 6.61 Å². The SMILES string of the molecule is Cc1cc2ccc(C#CC3(O)CCCCC3)cc2c(-c2ccc(Cl)cc2)c1C(COC=O)OC(C)(C)C. The molecular formula is C32H35ClO4. The van der Waals surface area contributed by atoms with E-state index in [4.69, 9.17) is 21.1 Å². The molecule has 0 radical (unpaired) electrons. The zero-order valence-electron chi connectivity index (χ0n) is 22.1. The summed E-state index contributed by atoms with van der Waals surface area (Å²) in [6, 6.07) is 16.0. The van der Waals surface area contributed by atoms with Crippen LogP contribution in [0.4, 0.5) is 0 Å². The summed E-state index contributed by atoms with van der Waals surface area (Å²) in [7, 11) is 0. The molecule has 0 aromatic heterocycles. The molecule has 3 aromatic rings. The molecule has 0 spiro atoms. The number of aryl methyl sites for hydroxylation is 1. The van der Waals surface area contributed by atoms with Crippen LogP contribution in [0.25, 0.3) is 21.9 Å². The number of ether oxygens (including phenoxy) is 2. The summed E-state index contributed by atoms with van der Waals surface area (Å²) < 4.78 is 11.7. The molecule has 4 rings (SSSR count). The molecular weight excluding hydrogens is 484 g/mol. The lowest BCUT2D eigenvalue weighted by Crippen LogP contribution is -2.29. The molecule has 1 unspecified atom stereocenters. The van der Waals surface area contributed by atoms with Crippen molar-refractivity contribution in [1.82, 2.24) is 0 Å². The van der Waals surface area contributed by atoms with Crippen LogP contribution in [-0.4, -0.2) is 29.4 Å². The highest BCUT2D eigenvalue weighted by Gasteiger charge is 2.28. The lowest BCUT2D eigenvalue weighted by atomic mass is 9.85. The van der Waals surface area contributed by atoms with E-state index in [1.54, 1.807) is 0 Å². The van der Waals surface area contributed by atoms with Crippen LogP contribution in [-0.2, 0) is 14.3 Å². The van der Waals surface area contributed by atoms with E-state index in [9.17, 15) is 9.90 Å². The highest BCUT2D eigenvalue weighted by atomic mass is 35.5. The van der Waals surface area contributed by atoms with E-state index in [1.807, 2.05) is 51.1 Å². The largest absolute Gasteiger partial charge is 0.465 e. The minimum Gasteiger partial charge on any atom is -0.465 e. The zero-order valence-corrected chi connectivity index (χ0v) is 22.8. The average molecular weight is 519 g/mol. The molecule has 194 valence electrons. The second kappa shape index (κ2) is 11.3. The third-order valence-corrected chi connectivity index (χ3v) is 7.03. The molecule has 0 aliphatic heterocycles. The van der Waals surface area contributed by atoms with Crippen LogP contribution in [0.2, 0.25) is 5.02 Å². The lowest BCUT2D eigenvalue weighted by Gasteiger charge is -2.30. The molecule has 0 heterocycles. The van der Waals surface area contributed by atoms with Crippen LogP contribution in [0, 0.1) is 18.8 Å². The van der Waals surface area contributed by atoms with Crippen molar-refractivity contribution in [3.05, 3.63) is 70.2 Å². The summed E-state index contributed by atoms with van der Waals surface area (Å²) >= 11 is 6.23. The van der Waals surface area contributed by atoms with Gasteiger partial charge in [-0.05, 0) is 111 Å². The highest BCUT2D eigenvalue weighted by molar-refractivity contribution is 6.30. The number of aliphatic hydroxyl groups is 1. The third-order valence-electron chi connectivity index (χ3n) is 6.78. The van der Waals surface area contributed by atoms with Crippen LogP contribution in [0.5, 0.6) is 0 Å². The zero-order chi connectivity index (χ0) is 26.6. The van der Waals surface area contributed by atoms with Gasteiger partial charge in [0.2, 0.25) is 0 Å². The first-order chi connectivity index (χ1) is 17.6. The Morgan fingerprint density at radius 2 is 1.78 bits per heavy atom. The van der Waals surface area contributed by atoms with Gasteiger partial charge in [0.1, 0.15) is 18.3 Å². The summed E-state index contributed by atoms with van der Waals surface area (Å²) in [6.07, 6.45) is 4.12. The van der Waals surface area contributed by atoms with Crippen molar-refractivity contribution in [2.45, 2.75) is 77.1 Å². The first kappa shape index (κ1) is 27.2. The third kappa shape index (κ3) is 6.73. The molecule has 1 atom stereocenters. The Balaban J connectivity index is 1.93. The molecule has 1 fully saturated rings. The Labute approximate surface area is 224 Å². The number of carbonyl (C=O) groups is 1. The molecule has 0 bridgehead atoms. The van der Waals surface area contributed by atoms with Crippen LogP contribution < -0.4 is 0 Å². The van der Waals surface area contributed by atoms with Gasteiger partial charge in [0.25, 0.3) is 6.47 Å². The van der Waals surface area contributed by atoms with Crippen molar-refractivity contribution in [1.29, 1.82) is 0 Å². The summed E-state index contributed by atoms with van der Waals surface area (Å²) in [4.78, 5) is 11.1. The van der Waals surface area contributed by atoms with Gasteiger partial charge in [-0.15, -0.1) is 0 Å².